The van der Waals surface area contributed by atoms with Crippen LogP contribution in [-0.2, 0) is 5.60 Å². The molecule has 102 valence electrons. The fraction of sp³-hybridized carbons (Fsp3) is 0.333. The first-order chi connectivity index (χ1) is 7.91. The van der Waals surface area contributed by atoms with Crippen molar-refractivity contribution < 1.29 is 40.2 Å². The maximum atomic E-state index is 12.7. The second-order valence-corrected chi connectivity index (χ2v) is 3.33. The van der Waals surface area contributed by atoms with Gasteiger partial charge in [-0.15, -0.1) is 0 Å². The lowest BCUT2D eigenvalue weighted by molar-refractivity contribution is -0.376. The molecular formula is C9H4F8O. The summed E-state index contributed by atoms with van der Waals surface area (Å²) in [6.07, 6.45) is -12.3. The highest BCUT2D eigenvalue weighted by Crippen LogP contribution is 2.50. The summed E-state index contributed by atoms with van der Waals surface area (Å²) in [5.74, 6) is -3.56. The van der Waals surface area contributed by atoms with Gasteiger partial charge in [0.25, 0.3) is 5.60 Å². The molecule has 0 bridgehead atoms. The van der Waals surface area contributed by atoms with Crippen LogP contribution in [0, 0.1) is 11.6 Å². The molecule has 0 aliphatic carbocycles. The van der Waals surface area contributed by atoms with Crippen LogP contribution >= 0.6 is 0 Å². The summed E-state index contributed by atoms with van der Waals surface area (Å²) < 4.78 is 99.1. The van der Waals surface area contributed by atoms with Crippen molar-refractivity contribution in [1.82, 2.24) is 0 Å². The van der Waals surface area contributed by atoms with Gasteiger partial charge < -0.3 is 5.11 Å². The predicted molar refractivity (Wildman–Crippen MR) is 42.4 cm³/mol. The number of alkyl halides is 6. The highest BCUT2D eigenvalue weighted by molar-refractivity contribution is 5.27. The minimum atomic E-state index is -6.13. The van der Waals surface area contributed by atoms with E-state index >= 15 is 0 Å². The van der Waals surface area contributed by atoms with Crippen LogP contribution in [0.3, 0.4) is 0 Å². The third kappa shape index (κ3) is 2.14. The maximum absolute atomic E-state index is 12.7. The SMILES string of the molecule is OC(c1ccc(F)c(F)c1)(C(F)(F)F)C(F)(F)F. The zero-order valence-corrected chi connectivity index (χ0v) is 8.20. The highest BCUT2D eigenvalue weighted by Gasteiger charge is 2.71. The number of rotatable bonds is 1. The molecule has 9 heteroatoms. The Kier molecular flexibility index (Phi) is 3.32. The van der Waals surface area contributed by atoms with Crippen LogP contribution in [0.4, 0.5) is 35.1 Å². The van der Waals surface area contributed by atoms with Gasteiger partial charge in [-0.25, -0.2) is 8.78 Å². The van der Waals surface area contributed by atoms with Crippen molar-refractivity contribution >= 4 is 0 Å². The summed E-state index contributed by atoms with van der Waals surface area (Å²) in [5.41, 5.74) is -7.10. The van der Waals surface area contributed by atoms with Gasteiger partial charge in [0.2, 0.25) is 0 Å². The van der Waals surface area contributed by atoms with Gasteiger partial charge in [-0.2, -0.15) is 26.3 Å². The van der Waals surface area contributed by atoms with Crippen molar-refractivity contribution in [3.63, 3.8) is 0 Å². The summed E-state index contributed by atoms with van der Waals surface area (Å²) >= 11 is 0. The van der Waals surface area contributed by atoms with E-state index in [1.165, 1.54) is 0 Å². The van der Waals surface area contributed by atoms with Crippen molar-refractivity contribution in [2.75, 3.05) is 0 Å². The molecule has 0 aliphatic heterocycles. The number of hydrogen-bond acceptors (Lipinski definition) is 1. The largest absolute Gasteiger partial charge is 0.430 e. The monoisotopic (exact) mass is 280 g/mol. The number of aliphatic hydroxyl groups is 1. The molecule has 18 heavy (non-hydrogen) atoms. The topological polar surface area (TPSA) is 20.2 Å². The molecule has 0 saturated heterocycles. The van der Waals surface area contributed by atoms with Crippen molar-refractivity contribution in [2.45, 2.75) is 18.0 Å². The van der Waals surface area contributed by atoms with E-state index in [0.29, 0.717) is 0 Å². The normalized spacial score (nSPS) is 13.8. The standard InChI is InChI=1S/C9H4F8O/c10-5-2-1-4(3-6(5)11)7(18,8(12,13)14)9(15,16)17/h1-3,18H. The van der Waals surface area contributed by atoms with E-state index in [4.69, 9.17) is 5.11 Å². The van der Waals surface area contributed by atoms with Crippen molar-refractivity contribution in [3.05, 3.63) is 35.4 Å². The Hall–Kier alpha value is -1.38. The zero-order valence-electron chi connectivity index (χ0n) is 8.20. The first-order valence-corrected chi connectivity index (χ1v) is 4.22. The van der Waals surface area contributed by atoms with Crippen LogP contribution in [0.2, 0.25) is 0 Å². The molecule has 0 radical (unpaired) electrons. The number of benzene rings is 1. The molecule has 0 amide bonds. The molecule has 0 unspecified atom stereocenters. The highest BCUT2D eigenvalue weighted by atomic mass is 19.4. The van der Waals surface area contributed by atoms with Crippen LogP contribution in [0.25, 0.3) is 0 Å². The average molecular weight is 280 g/mol. The minimum Gasteiger partial charge on any atom is -0.369 e. The van der Waals surface area contributed by atoms with Crippen LogP contribution in [0.5, 0.6) is 0 Å². The fourth-order valence-corrected chi connectivity index (χ4v) is 1.21. The smallest absolute Gasteiger partial charge is 0.369 e. The Morgan fingerprint density at radius 1 is 0.778 bits per heavy atom. The number of hydrogen-bond donors (Lipinski definition) is 1. The summed E-state index contributed by atoms with van der Waals surface area (Å²) in [5, 5.41) is 8.83. The summed E-state index contributed by atoms with van der Waals surface area (Å²) in [6.45, 7) is 0. The van der Waals surface area contributed by atoms with Gasteiger partial charge in [-0.3, -0.25) is 0 Å². The average Bonchev–Trinajstić information content (AvgIpc) is 2.17. The third-order valence-corrected chi connectivity index (χ3v) is 2.16. The van der Waals surface area contributed by atoms with E-state index in [1.54, 1.807) is 0 Å². The third-order valence-electron chi connectivity index (χ3n) is 2.16. The van der Waals surface area contributed by atoms with Crippen molar-refractivity contribution in [2.24, 2.45) is 0 Å². The minimum absolute atomic E-state index is 0.0133. The van der Waals surface area contributed by atoms with E-state index in [0.717, 1.165) is 0 Å². The van der Waals surface area contributed by atoms with E-state index in [9.17, 15) is 35.1 Å². The van der Waals surface area contributed by atoms with E-state index in [2.05, 4.69) is 0 Å². The van der Waals surface area contributed by atoms with Crippen LogP contribution < -0.4 is 0 Å². The molecule has 1 nitrogen and oxygen atoms in total. The lowest BCUT2D eigenvalue weighted by Gasteiger charge is -2.32. The molecule has 0 saturated carbocycles. The van der Waals surface area contributed by atoms with E-state index < -0.39 is 35.2 Å². The van der Waals surface area contributed by atoms with Gasteiger partial charge >= 0.3 is 12.4 Å². The second-order valence-electron chi connectivity index (χ2n) is 3.33. The first kappa shape index (κ1) is 14.7. The van der Waals surface area contributed by atoms with Crippen molar-refractivity contribution in [1.29, 1.82) is 0 Å². The summed E-state index contributed by atoms with van der Waals surface area (Å²) in [7, 11) is 0. The molecule has 1 N–H and O–H groups in total. The Bertz CT molecular complexity index is 433. The molecule has 0 aromatic heterocycles. The van der Waals surface area contributed by atoms with Crippen LogP contribution in [-0.4, -0.2) is 17.5 Å². The molecule has 0 fully saturated rings. The van der Waals surface area contributed by atoms with Gasteiger partial charge in [-0.1, -0.05) is 6.07 Å². The molecule has 1 aromatic rings. The molecule has 1 rings (SSSR count). The Morgan fingerprint density at radius 3 is 1.56 bits per heavy atom. The van der Waals surface area contributed by atoms with Gasteiger partial charge in [0, 0.05) is 5.56 Å². The lowest BCUT2D eigenvalue weighted by Crippen LogP contribution is -2.54. The molecule has 0 heterocycles. The van der Waals surface area contributed by atoms with Gasteiger partial charge in [0.15, 0.2) is 11.6 Å². The molecular weight excluding hydrogens is 276 g/mol. The summed E-state index contributed by atoms with van der Waals surface area (Å²) in [4.78, 5) is 0. The molecule has 0 aliphatic rings. The predicted octanol–water partition coefficient (Wildman–Crippen LogP) is 3.28. The summed E-state index contributed by atoms with van der Waals surface area (Å²) in [6, 6.07) is -0.275. The van der Waals surface area contributed by atoms with Crippen molar-refractivity contribution in [3.8, 4) is 0 Å². The van der Waals surface area contributed by atoms with E-state index in [1.807, 2.05) is 0 Å². The molecule has 1 aromatic carbocycles. The lowest BCUT2D eigenvalue weighted by atomic mass is 9.92. The maximum Gasteiger partial charge on any atom is 0.430 e. The Balaban J connectivity index is 3.51. The fourth-order valence-electron chi connectivity index (χ4n) is 1.21. The van der Waals surface area contributed by atoms with E-state index in [-0.39, 0.29) is 18.2 Å². The molecule has 0 atom stereocenters. The Morgan fingerprint density at radius 2 is 1.22 bits per heavy atom. The van der Waals surface area contributed by atoms with Gasteiger partial charge in [0.1, 0.15) is 0 Å². The zero-order chi connectivity index (χ0) is 14.4. The first-order valence-electron chi connectivity index (χ1n) is 4.22. The van der Waals surface area contributed by atoms with Gasteiger partial charge in [-0.05, 0) is 12.1 Å². The Labute approximate surface area is 94.6 Å². The second kappa shape index (κ2) is 4.08. The number of halogens is 8. The van der Waals surface area contributed by atoms with Gasteiger partial charge in [0.05, 0.1) is 0 Å². The molecule has 0 spiro atoms. The quantitative estimate of drug-likeness (QED) is 0.783. The van der Waals surface area contributed by atoms with Crippen LogP contribution in [0.1, 0.15) is 5.56 Å². The van der Waals surface area contributed by atoms with Crippen LogP contribution in [0.15, 0.2) is 18.2 Å².